The molecule has 0 aromatic heterocycles. The monoisotopic (exact) mass is 309 g/mol. The maximum Gasteiger partial charge on any atom is 0.124 e. The lowest BCUT2D eigenvalue weighted by molar-refractivity contribution is 0.174. The molecule has 1 aliphatic carbocycles. The van der Waals surface area contributed by atoms with Crippen LogP contribution in [0.2, 0.25) is 0 Å². The second-order valence-corrected chi connectivity index (χ2v) is 6.64. The van der Waals surface area contributed by atoms with Crippen LogP contribution < -0.4 is 15.2 Å². The number of fused-ring (bicyclic) bond motifs is 1. The minimum absolute atomic E-state index is 0.156. The molecule has 3 heteroatoms. The van der Waals surface area contributed by atoms with Crippen LogP contribution in [0.25, 0.3) is 0 Å². The summed E-state index contributed by atoms with van der Waals surface area (Å²) < 4.78 is 12.3. The number of rotatable bonds is 3. The van der Waals surface area contributed by atoms with Crippen molar-refractivity contribution in [2.45, 2.75) is 50.4 Å². The van der Waals surface area contributed by atoms with Crippen LogP contribution in [0.5, 0.6) is 11.5 Å². The lowest BCUT2D eigenvalue weighted by Gasteiger charge is -2.27. The molecule has 3 nitrogen and oxygen atoms in total. The summed E-state index contributed by atoms with van der Waals surface area (Å²) in [6.45, 7) is 0. The highest BCUT2D eigenvalue weighted by molar-refractivity contribution is 5.42. The van der Waals surface area contributed by atoms with Gasteiger partial charge in [-0.15, -0.1) is 0 Å². The summed E-state index contributed by atoms with van der Waals surface area (Å²) in [5.74, 6) is 1.94. The molecule has 2 aromatic carbocycles. The zero-order valence-corrected chi connectivity index (χ0v) is 13.3. The molecule has 2 aliphatic rings. The number of hydrogen-bond donors (Lipinski definition) is 1. The van der Waals surface area contributed by atoms with Gasteiger partial charge in [0, 0.05) is 6.04 Å². The van der Waals surface area contributed by atoms with Gasteiger partial charge in [0.2, 0.25) is 0 Å². The van der Waals surface area contributed by atoms with Crippen LogP contribution >= 0.6 is 0 Å². The van der Waals surface area contributed by atoms with Crippen LogP contribution in [0, 0.1) is 0 Å². The molecule has 0 amide bonds. The molecule has 1 aliphatic heterocycles. The Kier molecular flexibility index (Phi) is 3.96. The molecular formula is C20H23NO2. The molecule has 4 rings (SSSR count). The first kappa shape index (κ1) is 14.6. The average Bonchev–Trinajstić information content (AvgIpc) is 3.00. The third-order valence-electron chi connectivity index (χ3n) is 4.88. The normalized spacial score (nSPS) is 26.4. The van der Waals surface area contributed by atoms with Crippen LogP contribution in [0.1, 0.15) is 42.9 Å². The third kappa shape index (κ3) is 3.20. The van der Waals surface area contributed by atoms with Crippen LogP contribution in [-0.2, 0) is 6.42 Å². The number of benzene rings is 2. The number of ether oxygens (including phenoxy) is 2. The Hall–Kier alpha value is -2.00. The smallest absolute Gasteiger partial charge is 0.124 e. The van der Waals surface area contributed by atoms with E-state index in [9.17, 15) is 0 Å². The molecule has 1 heterocycles. The largest absolute Gasteiger partial charge is 0.490 e. The molecule has 2 N–H and O–H groups in total. The minimum atomic E-state index is 0.156. The highest BCUT2D eigenvalue weighted by Gasteiger charge is 2.25. The summed E-state index contributed by atoms with van der Waals surface area (Å²) in [6, 6.07) is 17.0. The van der Waals surface area contributed by atoms with Crippen molar-refractivity contribution in [1.29, 1.82) is 0 Å². The fourth-order valence-electron chi connectivity index (χ4n) is 3.61. The van der Waals surface area contributed by atoms with Gasteiger partial charge in [0.25, 0.3) is 0 Å². The predicted molar refractivity (Wildman–Crippen MR) is 90.8 cm³/mol. The molecule has 0 spiro atoms. The van der Waals surface area contributed by atoms with Crippen molar-refractivity contribution in [2.24, 2.45) is 5.73 Å². The van der Waals surface area contributed by atoms with E-state index in [4.69, 9.17) is 15.2 Å². The van der Waals surface area contributed by atoms with Crippen LogP contribution in [-0.4, -0.2) is 12.1 Å². The zero-order valence-electron chi connectivity index (χ0n) is 13.3. The predicted octanol–water partition coefficient (Wildman–Crippen LogP) is 4.01. The SMILES string of the molecule is N[C@@H]1CC[C@@H](Oc2ccc3c(c2)CCC(c2ccccc2)O3)C1. The second kappa shape index (κ2) is 6.25. The van der Waals surface area contributed by atoms with Crippen molar-refractivity contribution in [1.82, 2.24) is 0 Å². The summed E-state index contributed by atoms with van der Waals surface area (Å²) >= 11 is 0. The van der Waals surface area contributed by atoms with Gasteiger partial charge in [0.1, 0.15) is 23.7 Å². The van der Waals surface area contributed by atoms with Gasteiger partial charge in [-0.05, 0) is 61.4 Å². The maximum absolute atomic E-state index is 6.18. The van der Waals surface area contributed by atoms with E-state index in [1.165, 1.54) is 11.1 Å². The Bertz CT molecular complexity index is 671. The Morgan fingerprint density at radius 3 is 2.65 bits per heavy atom. The summed E-state index contributed by atoms with van der Waals surface area (Å²) in [6.07, 6.45) is 5.55. The Balaban J connectivity index is 1.46. The molecular weight excluding hydrogens is 286 g/mol. The minimum Gasteiger partial charge on any atom is -0.490 e. The summed E-state index contributed by atoms with van der Waals surface area (Å²) in [5, 5.41) is 0. The van der Waals surface area contributed by atoms with E-state index < -0.39 is 0 Å². The number of nitrogens with two attached hydrogens (primary N) is 1. The molecule has 23 heavy (non-hydrogen) atoms. The first-order chi connectivity index (χ1) is 11.3. The number of aryl methyl sites for hydroxylation is 1. The van der Waals surface area contributed by atoms with E-state index >= 15 is 0 Å². The molecule has 2 aromatic rings. The molecule has 1 saturated carbocycles. The van der Waals surface area contributed by atoms with Gasteiger partial charge in [0.15, 0.2) is 0 Å². The van der Waals surface area contributed by atoms with Crippen molar-refractivity contribution in [2.75, 3.05) is 0 Å². The van der Waals surface area contributed by atoms with E-state index in [-0.39, 0.29) is 12.2 Å². The molecule has 1 fully saturated rings. The van der Waals surface area contributed by atoms with E-state index in [0.29, 0.717) is 6.04 Å². The topological polar surface area (TPSA) is 44.5 Å². The van der Waals surface area contributed by atoms with Crippen molar-refractivity contribution in [3.63, 3.8) is 0 Å². The maximum atomic E-state index is 6.18. The van der Waals surface area contributed by atoms with Gasteiger partial charge < -0.3 is 15.2 Å². The average molecular weight is 309 g/mol. The molecule has 120 valence electrons. The first-order valence-electron chi connectivity index (χ1n) is 8.55. The standard InChI is InChI=1S/C20H23NO2/c21-16-7-8-18(13-16)22-17-9-11-20-15(12-17)6-10-19(23-20)14-4-2-1-3-5-14/h1-5,9,11-12,16,18-19H,6-8,10,13,21H2/t16-,18-,19?/m1/s1. The fraction of sp³-hybridized carbons (Fsp3) is 0.400. The quantitative estimate of drug-likeness (QED) is 0.931. The highest BCUT2D eigenvalue weighted by atomic mass is 16.5. The van der Waals surface area contributed by atoms with Gasteiger partial charge in [-0.25, -0.2) is 0 Å². The Morgan fingerprint density at radius 1 is 1.00 bits per heavy atom. The van der Waals surface area contributed by atoms with Crippen molar-refractivity contribution in [3.05, 3.63) is 59.7 Å². The number of hydrogen-bond acceptors (Lipinski definition) is 3. The summed E-state index contributed by atoms with van der Waals surface area (Å²) in [4.78, 5) is 0. The van der Waals surface area contributed by atoms with E-state index in [1.807, 2.05) is 12.1 Å². The van der Waals surface area contributed by atoms with Gasteiger partial charge in [-0.3, -0.25) is 0 Å². The lowest BCUT2D eigenvalue weighted by Crippen LogP contribution is -2.19. The Morgan fingerprint density at radius 2 is 1.87 bits per heavy atom. The molecule has 0 radical (unpaired) electrons. The van der Waals surface area contributed by atoms with Gasteiger partial charge in [0.05, 0.1) is 0 Å². The van der Waals surface area contributed by atoms with Crippen LogP contribution in [0.15, 0.2) is 48.5 Å². The van der Waals surface area contributed by atoms with E-state index in [0.717, 1.165) is 43.6 Å². The van der Waals surface area contributed by atoms with Crippen molar-refractivity contribution >= 4 is 0 Å². The van der Waals surface area contributed by atoms with Crippen molar-refractivity contribution < 1.29 is 9.47 Å². The first-order valence-corrected chi connectivity index (χ1v) is 8.55. The third-order valence-corrected chi connectivity index (χ3v) is 4.88. The molecule has 1 unspecified atom stereocenters. The van der Waals surface area contributed by atoms with Crippen LogP contribution in [0.4, 0.5) is 0 Å². The lowest BCUT2D eigenvalue weighted by atomic mass is 9.97. The molecule has 3 atom stereocenters. The van der Waals surface area contributed by atoms with Crippen LogP contribution in [0.3, 0.4) is 0 Å². The molecule has 0 bridgehead atoms. The highest BCUT2D eigenvalue weighted by Crippen LogP contribution is 2.37. The fourth-order valence-corrected chi connectivity index (χ4v) is 3.61. The zero-order chi connectivity index (χ0) is 15.6. The molecule has 0 saturated heterocycles. The van der Waals surface area contributed by atoms with Crippen molar-refractivity contribution in [3.8, 4) is 11.5 Å². The van der Waals surface area contributed by atoms with Gasteiger partial charge >= 0.3 is 0 Å². The van der Waals surface area contributed by atoms with E-state index in [1.54, 1.807) is 0 Å². The van der Waals surface area contributed by atoms with Gasteiger partial charge in [-0.1, -0.05) is 30.3 Å². The van der Waals surface area contributed by atoms with Gasteiger partial charge in [-0.2, -0.15) is 0 Å². The summed E-state index contributed by atoms with van der Waals surface area (Å²) in [5.41, 5.74) is 8.46. The second-order valence-electron chi connectivity index (χ2n) is 6.64. The van der Waals surface area contributed by atoms with E-state index in [2.05, 4.69) is 36.4 Å². The Labute approximate surface area is 137 Å². The summed E-state index contributed by atoms with van der Waals surface area (Å²) in [7, 11) is 0.